The molecule has 1 aromatic heterocycles. The van der Waals surface area contributed by atoms with E-state index in [9.17, 15) is 8.42 Å². The van der Waals surface area contributed by atoms with Crippen molar-refractivity contribution in [2.75, 3.05) is 32.4 Å². The maximum absolute atomic E-state index is 12.3. The molecule has 2 fully saturated rings. The molecule has 0 saturated carbocycles. The number of benzene rings is 1. The number of rotatable bonds is 5. The molecule has 0 aliphatic carbocycles. The SMILES string of the molecule is CS(=O)(=O)n1nc(C2CCNCC2)c2ccc(CCC3CCNCC3)cc21. The average molecular weight is 391 g/mol. The van der Waals surface area contributed by atoms with Gasteiger partial charge in [-0.15, -0.1) is 0 Å². The summed E-state index contributed by atoms with van der Waals surface area (Å²) < 4.78 is 25.9. The fourth-order valence-electron chi connectivity index (χ4n) is 4.50. The summed E-state index contributed by atoms with van der Waals surface area (Å²) in [5, 5.41) is 12.3. The van der Waals surface area contributed by atoms with Crippen molar-refractivity contribution in [1.29, 1.82) is 0 Å². The van der Waals surface area contributed by atoms with E-state index in [2.05, 4.69) is 33.9 Å². The van der Waals surface area contributed by atoms with Gasteiger partial charge in [0.2, 0.25) is 0 Å². The van der Waals surface area contributed by atoms with Crippen molar-refractivity contribution in [3.8, 4) is 0 Å². The van der Waals surface area contributed by atoms with Crippen molar-refractivity contribution in [3.05, 3.63) is 29.5 Å². The van der Waals surface area contributed by atoms with Crippen LogP contribution < -0.4 is 10.6 Å². The van der Waals surface area contributed by atoms with Gasteiger partial charge in [0.05, 0.1) is 17.5 Å². The highest BCUT2D eigenvalue weighted by Gasteiger charge is 2.24. The van der Waals surface area contributed by atoms with Crippen LogP contribution in [-0.4, -0.2) is 50.0 Å². The molecule has 0 bridgehead atoms. The van der Waals surface area contributed by atoms with Crippen molar-refractivity contribution < 1.29 is 8.42 Å². The number of fused-ring (bicyclic) bond motifs is 1. The number of nitrogens with one attached hydrogen (secondary N) is 2. The summed E-state index contributed by atoms with van der Waals surface area (Å²) in [5.41, 5.74) is 2.90. The summed E-state index contributed by atoms with van der Waals surface area (Å²) in [6, 6.07) is 6.32. The van der Waals surface area contributed by atoms with Crippen LogP contribution in [0.4, 0.5) is 0 Å². The zero-order valence-electron chi connectivity index (χ0n) is 16.1. The minimum absolute atomic E-state index is 0.331. The Bertz CT molecular complexity index is 894. The monoisotopic (exact) mass is 390 g/mol. The topological polar surface area (TPSA) is 76.0 Å². The van der Waals surface area contributed by atoms with Crippen molar-refractivity contribution in [2.24, 2.45) is 5.92 Å². The molecule has 4 rings (SSSR count). The van der Waals surface area contributed by atoms with Gasteiger partial charge in [0.1, 0.15) is 0 Å². The lowest BCUT2D eigenvalue weighted by Crippen LogP contribution is -2.27. The van der Waals surface area contributed by atoms with E-state index in [1.165, 1.54) is 35.2 Å². The predicted molar refractivity (Wildman–Crippen MR) is 109 cm³/mol. The highest BCUT2D eigenvalue weighted by atomic mass is 32.2. The maximum atomic E-state index is 12.3. The summed E-state index contributed by atoms with van der Waals surface area (Å²) >= 11 is 0. The highest BCUT2D eigenvalue weighted by Crippen LogP contribution is 2.32. The molecule has 2 aliphatic rings. The number of hydrogen-bond donors (Lipinski definition) is 2. The van der Waals surface area contributed by atoms with Crippen LogP contribution in [0.5, 0.6) is 0 Å². The van der Waals surface area contributed by atoms with Crippen LogP contribution in [0.1, 0.15) is 49.3 Å². The third-order valence-electron chi connectivity index (χ3n) is 6.08. The molecule has 6 nitrogen and oxygen atoms in total. The Kier molecular flexibility index (Phi) is 5.53. The lowest BCUT2D eigenvalue weighted by Gasteiger charge is -2.22. The summed E-state index contributed by atoms with van der Waals surface area (Å²) in [6.07, 6.45) is 7.90. The molecule has 2 aromatic rings. The van der Waals surface area contributed by atoms with Gasteiger partial charge in [-0.1, -0.05) is 12.1 Å². The minimum atomic E-state index is -3.42. The summed E-state index contributed by atoms with van der Waals surface area (Å²) in [5.74, 6) is 1.10. The number of piperidine rings is 2. The fraction of sp³-hybridized carbons (Fsp3) is 0.650. The second-order valence-corrected chi connectivity index (χ2v) is 9.91. The average Bonchev–Trinajstić information content (AvgIpc) is 3.07. The molecule has 0 atom stereocenters. The second-order valence-electron chi connectivity index (χ2n) is 8.10. The van der Waals surface area contributed by atoms with Gasteiger partial charge in [0.15, 0.2) is 0 Å². The van der Waals surface area contributed by atoms with Crippen LogP contribution in [0.25, 0.3) is 10.9 Å². The first-order valence-electron chi connectivity index (χ1n) is 10.2. The highest BCUT2D eigenvalue weighted by molar-refractivity contribution is 7.89. The third-order valence-corrected chi connectivity index (χ3v) is 6.99. The van der Waals surface area contributed by atoms with Crippen LogP contribution in [0.15, 0.2) is 18.2 Å². The van der Waals surface area contributed by atoms with Gasteiger partial charge in [-0.2, -0.15) is 9.19 Å². The quantitative estimate of drug-likeness (QED) is 0.819. The largest absolute Gasteiger partial charge is 0.317 e. The van der Waals surface area contributed by atoms with E-state index < -0.39 is 10.0 Å². The van der Waals surface area contributed by atoms with Gasteiger partial charge in [0.25, 0.3) is 10.0 Å². The molecule has 7 heteroatoms. The molecular weight excluding hydrogens is 360 g/mol. The Balaban J connectivity index is 1.64. The van der Waals surface area contributed by atoms with E-state index in [1.807, 2.05) is 0 Å². The van der Waals surface area contributed by atoms with E-state index in [-0.39, 0.29) is 0 Å². The van der Waals surface area contributed by atoms with Gasteiger partial charge in [0, 0.05) is 11.3 Å². The van der Waals surface area contributed by atoms with Crippen molar-refractivity contribution in [1.82, 2.24) is 19.8 Å². The Hall–Kier alpha value is -1.44. The molecular formula is C20H30N4O2S. The smallest absolute Gasteiger partial charge is 0.251 e. The molecule has 0 spiro atoms. The zero-order chi connectivity index (χ0) is 18.9. The van der Waals surface area contributed by atoms with Gasteiger partial charge in [-0.25, -0.2) is 8.42 Å². The molecule has 0 radical (unpaired) electrons. The number of aryl methyl sites for hydroxylation is 1. The van der Waals surface area contributed by atoms with Gasteiger partial charge in [-0.3, -0.25) is 0 Å². The Morgan fingerprint density at radius 1 is 1.07 bits per heavy atom. The van der Waals surface area contributed by atoms with E-state index in [0.29, 0.717) is 5.92 Å². The van der Waals surface area contributed by atoms with E-state index in [0.717, 1.165) is 68.0 Å². The van der Waals surface area contributed by atoms with Gasteiger partial charge < -0.3 is 10.6 Å². The number of nitrogens with zero attached hydrogens (tertiary/aromatic N) is 2. The second kappa shape index (κ2) is 7.89. The molecule has 0 amide bonds. The summed E-state index contributed by atoms with van der Waals surface area (Å²) in [7, 11) is -3.42. The zero-order valence-corrected chi connectivity index (χ0v) is 16.9. The van der Waals surface area contributed by atoms with E-state index in [1.54, 1.807) is 0 Å². The first-order chi connectivity index (χ1) is 13.0. The molecule has 2 aliphatic heterocycles. The Morgan fingerprint density at radius 3 is 2.41 bits per heavy atom. The summed E-state index contributed by atoms with van der Waals surface area (Å²) in [4.78, 5) is 0. The van der Waals surface area contributed by atoms with E-state index >= 15 is 0 Å². The standard InChI is InChI=1S/C20H30N4O2S/c1-27(25,26)24-19-14-16(3-2-15-6-10-21-11-7-15)4-5-18(19)20(23-24)17-8-12-22-13-9-17/h4-5,14-15,17,21-22H,2-3,6-13H2,1H3. The van der Waals surface area contributed by atoms with Crippen molar-refractivity contribution in [3.63, 3.8) is 0 Å². The predicted octanol–water partition coefficient (Wildman–Crippen LogP) is 2.24. The molecule has 2 saturated heterocycles. The number of aromatic nitrogens is 2. The summed E-state index contributed by atoms with van der Waals surface area (Å²) in [6.45, 7) is 4.16. The van der Waals surface area contributed by atoms with Crippen LogP contribution in [0.2, 0.25) is 0 Å². The fourth-order valence-corrected chi connectivity index (χ4v) is 5.25. The molecule has 27 heavy (non-hydrogen) atoms. The molecule has 2 N–H and O–H groups in total. The van der Waals surface area contributed by atoms with Crippen molar-refractivity contribution >= 4 is 20.9 Å². The Morgan fingerprint density at radius 2 is 1.74 bits per heavy atom. The normalized spacial score (nSPS) is 20.3. The first kappa shape index (κ1) is 18.9. The minimum Gasteiger partial charge on any atom is -0.317 e. The Labute approximate surface area is 161 Å². The van der Waals surface area contributed by atoms with Gasteiger partial charge in [-0.05, 0) is 82.3 Å². The van der Waals surface area contributed by atoms with Crippen LogP contribution >= 0.6 is 0 Å². The van der Waals surface area contributed by atoms with Crippen LogP contribution in [-0.2, 0) is 16.4 Å². The molecule has 0 unspecified atom stereocenters. The van der Waals surface area contributed by atoms with Crippen LogP contribution in [0.3, 0.4) is 0 Å². The molecule has 1 aromatic carbocycles. The lowest BCUT2D eigenvalue weighted by molar-refractivity contribution is 0.354. The van der Waals surface area contributed by atoms with Crippen LogP contribution in [0, 0.1) is 5.92 Å². The third kappa shape index (κ3) is 4.20. The molecule has 148 valence electrons. The van der Waals surface area contributed by atoms with Gasteiger partial charge >= 0.3 is 0 Å². The number of hydrogen-bond acceptors (Lipinski definition) is 5. The van der Waals surface area contributed by atoms with Crippen molar-refractivity contribution in [2.45, 2.75) is 44.4 Å². The first-order valence-corrected chi connectivity index (χ1v) is 12.0. The lowest BCUT2D eigenvalue weighted by atomic mass is 9.90. The van der Waals surface area contributed by atoms with E-state index in [4.69, 9.17) is 0 Å². The molecule has 3 heterocycles. The maximum Gasteiger partial charge on any atom is 0.251 e.